The lowest BCUT2D eigenvalue weighted by Gasteiger charge is -2.27. The predicted octanol–water partition coefficient (Wildman–Crippen LogP) is 2.08. The van der Waals surface area contributed by atoms with Crippen molar-refractivity contribution >= 4 is 17.3 Å². The van der Waals surface area contributed by atoms with Gasteiger partial charge in [-0.3, -0.25) is 0 Å². The molecular weight excluding hydrogens is 212 g/mol. The fraction of sp³-hybridized carbons (Fsp3) is 0.545. The second-order valence-electron chi connectivity index (χ2n) is 4.01. The molecule has 1 aromatic heterocycles. The van der Waals surface area contributed by atoms with Gasteiger partial charge in [0.2, 0.25) is 5.60 Å². The first kappa shape index (κ1) is 10.6. The van der Waals surface area contributed by atoms with Crippen LogP contribution in [0, 0.1) is 5.92 Å². The van der Waals surface area contributed by atoms with E-state index in [1.807, 2.05) is 0 Å². The minimum atomic E-state index is -1.77. The SMILES string of the molecule is [O]C(=O)[C@](O)(c1cccs1)C1CCCC1. The monoisotopic (exact) mass is 225 g/mol. The first-order chi connectivity index (χ1) is 7.15. The maximum Gasteiger partial charge on any atom is 0.392 e. The quantitative estimate of drug-likeness (QED) is 0.856. The Morgan fingerprint density at radius 1 is 1.47 bits per heavy atom. The highest BCUT2D eigenvalue weighted by atomic mass is 32.1. The third-order valence-electron chi connectivity index (χ3n) is 3.15. The normalized spacial score (nSPS) is 21.4. The molecule has 1 N–H and O–H groups in total. The first-order valence-corrected chi connectivity index (χ1v) is 6.01. The zero-order valence-corrected chi connectivity index (χ0v) is 9.13. The van der Waals surface area contributed by atoms with Gasteiger partial charge in [0.1, 0.15) is 0 Å². The van der Waals surface area contributed by atoms with Gasteiger partial charge in [0.15, 0.2) is 0 Å². The van der Waals surface area contributed by atoms with E-state index >= 15 is 0 Å². The Kier molecular flexibility index (Phi) is 2.80. The first-order valence-electron chi connectivity index (χ1n) is 5.13. The molecule has 0 spiro atoms. The van der Waals surface area contributed by atoms with Gasteiger partial charge in [0.05, 0.1) is 0 Å². The summed E-state index contributed by atoms with van der Waals surface area (Å²) in [5.41, 5.74) is -1.77. The van der Waals surface area contributed by atoms with E-state index in [1.165, 1.54) is 11.3 Å². The fourth-order valence-electron chi connectivity index (χ4n) is 2.31. The molecule has 4 heteroatoms. The predicted molar refractivity (Wildman–Crippen MR) is 55.9 cm³/mol. The molecule has 1 heterocycles. The van der Waals surface area contributed by atoms with Crippen molar-refractivity contribution in [3.8, 4) is 0 Å². The number of carbonyl (C=O) groups is 1. The van der Waals surface area contributed by atoms with Crippen LogP contribution in [-0.2, 0) is 15.5 Å². The van der Waals surface area contributed by atoms with Crippen LogP contribution in [0.4, 0.5) is 0 Å². The second-order valence-corrected chi connectivity index (χ2v) is 4.96. The zero-order chi connectivity index (χ0) is 10.9. The topological polar surface area (TPSA) is 57.2 Å². The number of hydrogen-bond donors (Lipinski definition) is 1. The number of carbonyl (C=O) groups excluding carboxylic acids is 1. The van der Waals surface area contributed by atoms with E-state index < -0.39 is 11.6 Å². The van der Waals surface area contributed by atoms with Crippen LogP contribution < -0.4 is 0 Å². The van der Waals surface area contributed by atoms with Gasteiger partial charge in [-0.25, -0.2) is 9.90 Å². The van der Waals surface area contributed by atoms with Gasteiger partial charge in [-0.05, 0) is 24.3 Å². The second kappa shape index (κ2) is 3.94. The molecule has 0 unspecified atom stereocenters. The third-order valence-corrected chi connectivity index (χ3v) is 4.15. The van der Waals surface area contributed by atoms with Gasteiger partial charge >= 0.3 is 5.97 Å². The highest BCUT2D eigenvalue weighted by Crippen LogP contribution is 2.42. The lowest BCUT2D eigenvalue weighted by molar-refractivity contribution is -0.173. The van der Waals surface area contributed by atoms with E-state index in [4.69, 9.17) is 0 Å². The summed E-state index contributed by atoms with van der Waals surface area (Å²) < 4.78 is 0. The third kappa shape index (κ3) is 1.68. The van der Waals surface area contributed by atoms with Gasteiger partial charge in [0, 0.05) is 10.8 Å². The lowest BCUT2D eigenvalue weighted by atomic mass is 9.85. The van der Waals surface area contributed by atoms with Crippen molar-refractivity contribution in [2.24, 2.45) is 5.92 Å². The summed E-state index contributed by atoms with van der Waals surface area (Å²) in [4.78, 5) is 11.6. The van der Waals surface area contributed by atoms with Crippen LogP contribution in [0.5, 0.6) is 0 Å². The molecule has 1 fully saturated rings. The summed E-state index contributed by atoms with van der Waals surface area (Å²) in [7, 11) is 0. The number of thiophene rings is 1. The standard InChI is InChI=1S/C11H13O3S/c12-10(13)11(14,8-4-1-2-5-8)9-6-3-7-15-9/h3,6-8,14H,1-2,4-5H2/t11-/m1/s1. The largest absolute Gasteiger partial charge is 0.392 e. The van der Waals surface area contributed by atoms with Gasteiger partial charge in [-0.15, -0.1) is 11.3 Å². The molecule has 0 bridgehead atoms. The Hall–Kier alpha value is -0.870. The average molecular weight is 225 g/mol. The van der Waals surface area contributed by atoms with E-state index in [0.717, 1.165) is 25.7 Å². The molecule has 2 rings (SSSR count). The molecule has 0 saturated heterocycles. The van der Waals surface area contributed by atoms with Crippen molar-refractivity contribution < 1.29 is 15.0 Å². The Bertz CT molecular complexity index is 341. The lowest BCUT2D eigenvalue weighted by Crippen LogP contribution is -2.40. The van der Waals surface area contributed by atoms with Gasteiger partial charge in [0.25, 0.3) is 0 Å². The van der Waals surface area contributed by atoms with Crippen LogP contribution in [0.25, 0.3) is 0 Å². The minimum absolute atomic E-state index is 0.193. The van der Waals surface area contributed by atoms with Crippen LogP contribution in [0.2, 0.25) is 0 Å². The van der Waals surface area contributed by atoms with E-state index in [-0.39, 0.29) is 5.92 Å². The maximum atomic E-state index is 11.2. The maximum absolute atomic E-state index is 11.2. The molecule has 0 aliphatic heterocycles. The summed E-state index contributed by atoms with van der Waals surface area (Å²) in [6, 6.07) is 3.42. The van der Waals surface area contributed by atoms with Crippen LogP contribution in [0.3, 0.4) is 0 Å². The summed E-state index contributed by atoms with van der Waals surface area (Å²) in [6.45, 7) is 0. The van der Waals surface area contributed by atoms with Crippen molar-refractivity contribution in [2.45, 2.75) is 31.3 Å². The van der Waals surface area contributed by atoms with Crippen molar-refractivity contribution in [1.82, 2.24) is 0 Å². The molecular formula is C11H13O3S. The number of aliphatic hydroxyl groups is 1. The fourth-order valence-corrected chi connectivity index (χ4v) is 3.20. The molecule has 15 heavy (non-hydrogen) atoms. The molecule has 1 aromatic rings. The van der Waals surface area contributed by atoms with Crippen molar-refractivity contribution in [1.29, 1.82) is 0 Å². The zero-order valence-electron chi connectivity index (χ0n) is 8.31. The van der Waals surface area contributed by atoms with Crippen LogP contribution in [0.1, 0.15) is 30.6 Å². The molecule has 0 aromatic carbocycles. The Morgan fingerprint density at radius 2 is 2.13 bits per heavy atom. The Morgan fingerprint density at radius 3 is 2.60 bits per heavy atom. The average Bonchev–Trinajstić information content (AvgIpc) is 2.89. The van der Waals surface area contributed by atoms with Crippen LogP contribution in [0.15, 0.2) is 17.5 Å². The van der Waals surface area contributed by atoms with Crippen molar-refractivity contribution in [3.63, 3.8) is 0 Å². The molecule has 1 aliphatic carbocycles. The van der Waals surface area contributed by atoms with E-state index in [9.17, 15) is 15.0 Å². The van der Waals surface area contributed by atoms with Crippen LogP contribution in [-0.4, -0.2) is 11.1 Å². The number of hydrogen-bond acceptors (Lipinski definition) is 3. The van der Waals surface area contributed by atoms with Crippen molar-refractivity contribution in [3.05, 3.63) is 22.4 Å². The number of rotatable bonds is 3. The summed E-state index contributed by atoms with van der Waals surface area (Å²) in [5.74, 6) is -1.56. The van der Waals surface area contributed by atoms with E-state index in [1.54, 1.807) is 17.5 Å². The summed E-state index contributed by atoms with van der Waals surface area (Å²) in [6.07, 6.45) is 3.52. The van der Waals surface area contributed by atoms with Gasteiger partial charge in [-0.2, -0.15) is 0 Å². The van der Waals surface area contributed by atoms with Gasteiger partial charge in [-0.1, -0.05) is 18.9 Å². The van der Waals surface area contributed by atoms with Crippen LogP contribution >= 0.6 is 11.3 Å². The molecule has 3 nitrogen and oxygen atoms in total. The molecule has 1 aliphatic rings. The smallest absolute Gasteiger partial charge is 0.373 e. The Balaban J connectivity index is 2.35. The minimum Gasteiger partial charge on any atom is -0.373 e. The molecule has 1 saturated carbocycles. The highest BCUT2D eigenvalue weighted by molar-refractivity contribution is 7.10. The Labute approximate surface area is 92.4 Å². The van der Waals surface area contributed by atoms with Gasteiger partial charge < -0.3 is 5.11 Å². The molecule has 1 radical (unpaired) electrons. The van der Waals surface area contributed by atoms with Crippen molar-refractivity contribution in [2.75, 3.05) is 0 Å². The molecule has 81 valence electrons. The van der Waals surface area contributed by atoms with E-state index in [0.29, 0.717) is 4.88 Å². The summed E-state index contributed by atoms with van der Waals surface area (Å²) in [5, 5.41) is 23.2. The summed E-state index contributed by atoms with van der Waals surface area (Å²) >= 11 is 1.27. The molecule has 0 amide bonds. The highest BCUT2D eigenvalue weighted by Gasteiger charge is 2.48. The van der Waals surface area contributed by atoms with E-state index in [2.05, 4.69) is 0 Å². The molecule has 1 atom stereocenters.